The molecule has 59 heavy (non-hydrogen) atoms. The van der Waals surface area contributed by atoms with E-state index in [1.807, 2.05) is 0 Å². The quantitative estimate of drug-likeness (QED) is 0.150. The van der Waals surface area contributed by atoms with Gasteiger partial charge in [0.1, 0.15) is 37.6 Å². The Morgan fingerprint density at radius 2 is 0.949 bits per heavy atom. The van der Waals surface area contributed by atoms with E-state index in [1.165, 1.54) is 13.0 Å². The predicted octanol–water partition coefficient (Wildman–Crippen LogP) is 3.49. The summed E-state index contributed by atoms with van der Waals surface area (Å²) in [7, 11) is 0. The first kappa shape index (κ1) is 51.0. The smallest absolute Gasteiger partial charge is 0.311 e. The standard InChI is InChI=1S/C41H65NO17/c1-17-18-50-32-26(42-21(2)43)29(58-36(48)40(11,12)13)27(24(55-32)19-51-34(46)38(5,6)7)57-33-31(54-23(4)45)30(59-37(49)41(14,15)16)28(53-22(3)44)25(56-33)20-52-35(47)39(8,9)10/h17,24-33H,1,18-20H2,2-16H3,(H,42,43)/t24-,25-,26-,27-,28-,29-,30+,31+,32-,33+/m1/s1. The van der Waals surface area contributed by atoms with E-state index < -0.39 is 138 Å². The van der Waals surface area contributed by atoms with Crippen LogP contribution in [-0.4, -0.2) is 123 Å². The highest BCUT2D eigenvalue weighted by molar-refractivity contribution is 5.77. The maximum atomic E-state index is 13.7. The van der Waals surface area contributed by atoms with Crippen LogP contribution in [0.3, 0.4) is 0 Å². The third-order valence-corrected chi connectivity index (χ3v) is 8.57. The van der Waals surface area contributed by atoms with Crippen LogP contribution < -0.4 is 5.32 Å². The molecule has 2 fully saturated rings. The molecule has 18 nitrogen and oxygen atoms in total. The van der Waals surface area contributed by atoms with E-state index in [9.17, 15) is 33.6 Å². The van der Waals surface area contributed by atoms with Crippen molar-refractivity contribution in [3.05, 3.63) is 12.7 Å². The number of carbonyl (C=O) groups excluding carboxylic acids is 7. The lowest BCUT2D eigenvalue weighted by Crippen LogP contribution is -2.69. The topological polar surface area (TPSA) is 224 Å². The zero-order valence-corrected chi connectivity index (χ0v) is 37.1. The van der Waals surface area contributed by atoms with Crippen LogP contribution in [0.25, 0.3) is 0 Å². The molecule has 10 atom stereocenters. The van der Waals surface area contributed by atoms with Crippen molar-refractivity contribution in [1.82, 2.24) is 5.32 Å². The molecule has 2 aliphatic rings. The molecular weight excluding hydrogens is 778 g/mol. The Bertz CT molecular complexity index is 1530. The van der Waals surface area contributed by atoms with E-state index in [0.717, 1.165) is 13.8 Å². The normalized spacial score (nSPS) is 27.6. The molecule has 0 unspecified atom stereocenters. The maximum absolute atomic E-state index is 13.7. The number of amides is 1. The van der Waals surface area contributed by atoms with Gasteiger partial charge in [0.05, 0.1) is 28.3 Å². The molecule has 0 spiro atoms. The molecule has 0 bridgehead atoms. The summed E-state index contributed by atoms with van der Waals surface area (Å²) in [5, 5.41) is 2.71. The van der Waals surface area contributed by atoms with E-state index in [2.05, 4.69) is 11.9 Å². The van der Waals surface area contributed by atoms with Gasteiger partial charge in [-0.2, -0.15) is 0 Å². The fourth-order valence-corrected chi connectivity index (χ4v) is 5.45. The van der Waals surface area contributed by atoms with Crippen molar-refractivity contribution in [1.29, 1.82) is 0 Å². The third kappa shape index (κ3) is 15.1. The van der Waals surface area contributed by atoms with Crippen molar-refractivity contribution in [3.63, 3.8) is 0 Å². The minimum absolute atomic E-state index is 0.0890. The molecule has 0 aromatic carbocycles. The van der Waals surface area contributed by atoms with Gasteiger partial charge >= 0.3 is 35.8 Å². The predicted molar refractivity (Wildman–Crippen MR) is 207 cm³/mol. The van der Waals surface area contributed by atoms with Gasteiger partial charge in [0.2, 0.25) is 5.91 Å². The maximum Gasteiger partial charge on any atom is 0.311 e. The zero-order chi connectivity index (χ0) is 45.4. The Hall–Kier alpha value is -4.13. The minimum atomic E-state index is -1.81. The van der Waals surface area contributed by atoms with Crippen LogP contribution in [0.4, 0.5) is 0 Å². The van der Waals surface area contributed by atoms with Gasteiger partial charge in [0.15, 0.2) is 37.0 Å². The van der Waals surface area contributed by atoms with Crippen molar-refractivity contribution in [3.8, 4) is 0 Å². The van der Waals surface area contributed by atoms with Crippen molar-refractivity contribution < 1.29 is 80.9 Å². The number of esters is 6. The highest BCUT2D eigenvalue weighted by Crippen LogP contribution is 2.37. The van der Waals surface area contributed by atoms with Gasteiger partial charge in [-0.3, -0.25) is 33.6 Å². The first-order chi connectivity index (χ1) is 26.9. The highest BCUT2D eigenvalue weighted by atomic mass is 16.8. The fraction of sp³-hybridized carbons (Fsp3) is 0.780. The largest absolute Gasteiger partial charge is 0.462 e. The molecule has 0 aromatic heterocycles. The zero-order valence-electron chi connectivity index (χ0n) is 37.1. The lowest BCUT2D eigenvalue weighted by Gasteiger charge is -2.49. The lowest BCUT2D eigenvalue weighted by molar-refractivity contribution is -0.351. The summed E-state index contributed by atoms with van der Waals surface area (Å²) in [5.41, 5.74) is -4.20. The Morgan fingerprint density at radius 1 is 0.542 bits per heavy atom. The lowest BCUT2D eigenvalue weighted by atomic mass is 9.92. The van der Waals surface area contributed by atoms with Crippen molar-refractivity contribution in [2.45, 2.75) is 165 Å². The molecule has 0 aromatic rings. The van der Waals surface area contributed by atoms with E-state index in [0.29, 0.717) is 0 Å². The van der Waals surface area contributed by atoms with Crippen LogP contribution in [0.2, 0.25) is 0 Å². The average Bonchev–Trinajstić information content (AvgIpc) is 3.07. The Kier molecular flexibility index (Phi) is 17.7. The van der Waals surface area contributed by atoms with Crippen molar-refractivity contribution >= 4 is 41.7 Å². The molecule has 0 saturated carbocycles. The summed E-state index contributed by atoms with van der Waals surface area (Å²) in [6.07, 6.45) is -12.5. The monoisotopic (exact) mass is 843 g/mol. The summed E-state index contributed by atoms with van der Waals surface area (Å²) in [4.78, 5) is 91.5. The van der Waals surface area contributed by atoms with E-state index in [1.54, 1.807) is 83.1 Å². The first-order valence-corrected chi connectivity index (χ1v) is 19.5. The third-order valence-electron chi connectivity index (χ3n) is 8.57. The molecule has 2 saturated heterocycles. The van der Waals surface area contributed by atoms with E-state index >= 15 is 0 Å². The minimum Gasteiger partial charge on any atom is -0.462 e. The number of nitrogens with one attached hydrogen (secondary N) is 1. The van der Waals surface area contributed by atoms with Crippen molar-refractivity contribution in [2.24, 2.45) is 21.7 Å². The first-order valence-electron chi connectivity index (χ1n) is 19.5. The van der Waals surface area contributed by atoms with Crippen LogP contribution in [0.1, 0.15) is 104 Å². The van der Waals surface area contributed by atoms with Gasteiger partial charge in [-0.25, -0.2) is 0 Å². The average molecular weight is 844 g/mol. The molecule has 1 N–H and O–H groups in total. The SMILES string of the molecule is C=CCO[C@@H]1O[C@H](COC(=O)C(C)(C)C)[C@@H](O[C@@H]2O[C@H](COC(=O)C(C)(C)C)[C@@H](OC(C)=O)[C@H](OC(=O)C(C)(C)C)[C@@H]2OC(C)=O)[C@H](OC(=O)C(C)(C)C)[C@H]1NC(C)=O. The molecular formula is C41H65NO17. The molecule has 1 amide bonds. The van der Waals surface area contributed by atoms with Gasteiger partial charge in [0, 0.05) is 20.8 Å². The number of hydrogen-bond acceptors (Lipinski definition) is 17. The van der Waals surface area contributed by atoms with Gasteiger partial charge in [-0.05, 0) is 83.1 Å². The Labute approximate surface area is 346 Å². The van der Waals surface area contributed by atoms with Crippen LogP contribution in [-0.2, 0) is 80.9 Å². The fourth-order valence-electron chi connectivity index (χ4n) is 5.45. The number of rotatable bonds is 14. The second-order valence-electron chi connectivity index (χ2n) is 18.6. The number of carbonyl (C=O) groups is 7. The molecule has 2 aliphatic heterocycles. The molecule has 18 heteroatoms. The summed E-state index contributed by atoms with van der Waals surface area (Å²) in [6, 6.07) is -1.29. The second-order valence-corrected chi connectivity index (χ2v) is 18.6. The molecule has 2 rings (SSSR count). The van der Waals surface area contributed by atoms with Crippen LogP contribution in [0.5, 0.6) is 0 Å². The number of ether oxygens (including phenoxy) is 10. The van der Waals surface area contributed by atoms with Gasteiger partial charge in [0.25, 0.3) is 0 Å². The van der Waals surface area contributed by atoms with Crippen molar-refractivity contribution in [2.75, 3.05) is 19.8 Å². The number of hydrogen-bond donors (Lipinski definition) is 1. The Morgan fingerprint density at radius 3 is 1.36 bits per heavy atom. The molecule has 2 heterocycles. The summed E-state index contributed by atoms with van der Waals surface area (Å²) >= 11 is 0. The summed E-state index contributed by atoms with van der Waals surface area (Å²) in [6.45, 7) is 25.1. The van der Waals surface area contributed by atoms with Gasteiger partial charge < -0.3 is 52.7 Å². The van der Waals surface area contributed by atoms with Crippen LogP contribution >= 0.6 is 0 Å². The summed E-state index contributed by atoms with van der Waals surface area (Å²) < 4.78 is 59.9. The van der Waals surface area contributed by atoms with E-state index in [4.69, 9.17) is 47.4 Å². The Balaban J connectivity index is 2.95. The van der Waals surface area contributed by atoms with Crippen LogP contribution in [0, 0.1) is 21.7 Å². The van der Waals surface area contributed by atoms with E-state index in [-0.39, 0.29) is 6.61 Å². The second kappa shape index (κ2) is 20.4. The van der Waals surface area contributed by atoms with Gasteiger partial charge in [-0.15, -0.1) is 6.58 Å². The van der Waals surface area contributed by atoms with Crippen LogP contribution in [0.15, 0.2) is 12.7 Å². The molecule has 336 valence electrons. The highest BCUT2D eigenvalue weighted by Gasteiger charge is 2.58. The molecule has 0 aliphatic carbocycles. The summed E-state index contributed by atoms with van der Waals surface area (Å²) in [5.74, 6) is -5.18. The van der Waals surface area contributed by atoms with Gasteiger partial charge in [-0.1, -0.05) is 6.08 Å². The molecule has 0 radical (unpaired) electrons.